The van der Waals surface area contributed by atoms with Gasteiger partial charge in [0.05, 0.1) is 0 Å². The van der Waals surface area contributed by atoms with E-state index >= 15 is 0 Å². The molecule has 0 bridgehead atoms. The standard InChI is InChI=1S/C7H16N2OS/c1-5(2)11-6(3)4-7(8)9-10/h5-6,10H,4H2,1-3H3,(H2,8,9). The topological polar surface area (TPSA) is 58.6 Å². The molecule has 0 aromatic rings. The second kappa shape index (κ2) is 5.29. The van der Waals surface area contributed by atoms with E-state index in [4.69, 9.17) is 10.9 Å². The van der Waals surface area contributed by atoms with Gasteiger partial charge in [0.2, 0.25) is 0 Å². The monoisotopic (exact) mass is 176 g/mol. The molecule has 4 heteroatoms. The highest BCUT2D eigenvalue weighted by atomic mass is 32.2. The Morgan fingerprint density at radius 1 is 1.55 bits per heavy atom. The lowest BCUT2D eigenvalue weighted by atomic mass is 10.3. The van der Waals surface area contributed by atoms with Crippen LogP contribution in [0.1, 0.15) is 27.2 Å². The first-order valence-corrected chi connectivity index (χ1v) is 4.62. The second-order valence-corrected chi connectivity index (χ2v) is 4.81. The summed E-state index contributed by atoms with van der Waals surface area (Å²) in [5, 5.41) is 12.2. The summed E-state index contributed by atoms with van der Waals surface area (Å²) in [5.41, 5.74) is 5.34. The first-order valence-electron chi connectivity index (χ1n) is 3.68. The van der Waals surface area contributed by atoms with Crippen LogP contribution in [-0.2, 0) is 0 Å². The number of oxime groups is 1. The third-order valence-electron chi connectivity index (χ3n) is 1.13. The van der Waals surface area contributed by atoms with E-state index in [0.717, 1.165) is 0 Å². The van der Waals surface area contributed by atoms with E-state index in [2.05, 4.69) is 25.9 Å². The average molecular weight is 176 g/mol. The van der Waals surface area contributed by atoms with Gasteiger partial charge in [0, 0.05) is 11.7 Å². The molecule has 0 heterocycles. The van der Waals surface area contributed by atoms with Crippen LogP contribution in [0.15, 0.2) is 5.16 Å². The minimum atomic E-state index is 0.311. The highest BCUT2D eigenvalue weighted by molar-refractivity contribution is 8.00. The number of hydrogen-bond donors (Lipinski definition) is 2. The summed E-state index contributed by atoms with van der Waals surface area (Å²) in [6.07, 6.45) is 0.652. The molecule has 0 spiro atoms. The van der Waals surface area contributed by atoms with Gasteiger partial charge in [-0.3, -0.25) is 0 Å². The zero-order chi connectivity index (χ0) is 8.85. The zero-order valence-corrected chi connectivity index (χ0v) is 8.06. The van der Waals surface area contributed by atoms with Crippen molar-refractivity contribution >= 4 is 17.6 Å². The quantitative estimate of drug-likeness (QED) is 0.296. The first-order chi connectivity index (χ1) is 5.06. The number of nitrogens with two attached hydrogens (primary N) is 1. The fourth-order valence-corrected chi connectivity index (χ4v) is 2.04. The van der Waals surface area contributed by atoms with E-state index in [1.807, 2.05) is 11.8 Å². The third kappa shape index (κ3) is 6.04. The third-order valence-corrected chi connectivity index (χ3v) is 2.31. The van der Waals surface area contributed by atoms with Crippen molar-refractivity contribution in [3.63, 3.8) is 0 Å². The molecule has 11 heavy (non-hydrogen) atoms. The predicted molar refractivity (Wildman–Crippen MR) is 50.2 cm³/mol. The Morgan fingerprint density at radius 2 is 2.09 bits per heavy atom. The summed E-state index contributed by atoms with van der Waals surface area (Å²) in [5.74, 6) is 0.311. The molecular weight excluding hydrogens is 160 g/mol. The van der Waals surface area contributed by atoms with Crippen molar-refractivity contribution in [2.75, 3.05) is 0 Å². The van der Waals surface area contributed by atoms with Gasteiger partial charge in [-0.05, 0) is 5.25 Å². The van der Waals surface area contributed by atoms with Crippen LogP contribution < -0.4 is 5.73 Å². The largest absolute Gasteiger partial charge is 0.409 e. The van der Waals surface area contributed by atoms with Crippen molar-refractivity contribution < 1.29 is 5.21 Å². The van der Waals surface area contributed by atoms with E-state index in [-0.39, 0.29) is 0 Å². The predicted octanol–water partition coefficient (Wildman–Crippen LogP) is 1.65. The van der Waals surface area contributed by atoms with Crippen molar-refractivity contribution in [3.05, 3.63) is 0 Å². The second-order valence-electron chi connectivity index (χ2n) is 2.79. The summed E-state index contributed by atoms with van der Waals surface area (Å²) in [7, 11) is 0. The lowest BCUT2D eigenvalue weighted by molar-refractivity contribution is 0.317. The van der Waals surface area contributed by atoms with Crippen LogP contribution in [0, 0.1) is 0 Å². The van der Waals surface area contributed by atoms with Crippen molar-refractivity contribution in [1.29, 1.82) is 0 Å². The van der Waals surface area contributed by atoms with E-state index in [0.29, 0.717) is 22.8 Å². The molecule has 66 valence electrons. The minimum Gasteiger partial charge on any atom is -0.409 e. The van der Waals surface area contributed by atoms with E-state index < -0.39 is 0 Å². The van der Waals surface area contributed by atoms with Crippen molar-refractivity contribution in [2.45, 2.75) is 37.7 Å². The molecule has 1 atom stereocenters. The van der Waals surface area contributed by atoms with Crippen molar-refractivity contribution in [3.8, 4) is 0 Å². The summed E-state index contributed by atoms with van der Waals surface area (Å²) in [6.45, 7) is 6.34. The Bertz CT molecular complexity index is 136. The van der Waals surface area contributed by atoms with E-state index in [9.17, 15) is 0 Å². The van der Waals surface area contributed by atoms with Crippen molar-refractivity contribution in [2.24, 2.45) is 10.9 Å². The van der Waals surface area contributed by atoms with Gasteiger partial charge in [-0.2, -0.15) is 11.8 Å². The van der Waals surface area contributed by atoms with Gasteiger partial charge in [0.25, 0.3) is 0 Å². The van der Waals surface area contributed by atoms with Crippen LogP contribution in [0.5, 0.6) is 0 Å². The molecule has 1 unspecified atom stereocenters. The smallest absolute Gasteiger partial charge is 0.140 e. The van der Waals surface area contributed by atoms with Gasteiger partial charge in [-0.25, -0.2) is 0 Å². The molecule has 0 aromatic carbocycles. The Kier molecular flexibility index (Phi) is 5.11. The molecule has 0 amide bonds. The Hall–Kier alpha value is -0.380. The van der Waals surface area contributed by atoms with Gasteiger partial charge in [-0.15, -0.1) is 0 Å². The highest BCUT2D eigenvalue weighted by Crippen LogP contribution is 2.18. The van der Waals surface area contributed by atoms with Crippen LogP contribution in [0.3, 0.4) is 0 Å². The molecule has 0 saturated carbocycles. The summed E-state index contributed by atoms with van der Waals surface area (Å²) in [4.78, 5) is 0. The lowest BCUT2D eigenvalue weighted by Gasteiger charge is -2.11. The average Bonchev–Trinajstić information content (AvgIpc) is 1.85. The van der Waals surface area contributed by atoms with Crippen molar-refractivity contribution in [1.82, 2.24) is 0 Å². The molecule has 0 radical (unpaired) electrons. The van der Waals surface area contributed by atoms with Crippen LogP contribution in [0.2, 0.25) is 0 Å². The fourth-order valence-electron chi connectivity index (χ4n) is 0.848. The molecule has 0 aliphatic heterocycles. The molecule has 0 saturated heterocycles. The summed E-state index contributed by atoms with van der Waals surface area (Å²) in [6, 6.07) is 0. The van der Waals surface area contributed by atoms with Gasteiger partial charge in [0.15, 0.2) is 0 Å². The normalized spacial score (nSPS) is 15.5. The van der Waals surface area contributed by atoms with Gasteiger partial charge < -0.3 is 10.9 Å². The molecule has 3 N–H and O–H groups in total. The van der Waals surface area contributed by atoms with E-state index in [1.54, 1.807) is 0 Å². The number of nitrogens with zero attached hydrogens (tertiary/aromatic N) is 1. The van der Waals surface area contributed by atoms with Crippen LogP contribution in [0.25, 0.3) is 0 Å². The molecule has 0 aromatic heterocycles. The minimum absolute atomic E-state index is 0.311. The van der Waals surface area contributed by atoms with Gasteiger partial charge >= 0.3 is 0 Å². The number of hydrogen-bond acceptors (Lipinski definition) is 3. The Balaban J connectivity index is 3.60. The highest BCUT2D eigenvalue weighted by Gasteiger charge is 2.07. The molecule has 0 aliphatic rings. The molecule has 0 fully saturated rings. The maximum Gasteiger partial charge on any atom is 0.140 e. The van der Waals surface area contributed by atoms with Crippen LogP contribution >= 0.6 is 11.8 Å². The van der Waals surface area contributed by atoms with Crippen LogP contribution in [0.4, 0.5) is 0 Å². The zero-order valence-electron chi connectivity index (χ0n) is 7.24. The molecule has 0 rings (SSSR count). The van der Waals surface area contributed by atoms with E-state index in [1.165, 1.54) is 0 Å². The summed E-state index contributed by atoms with van der Waals surface area (Å²) >= 11 is 1.83. The maximum atomic E-state index is 8.27. The maximum absolute atomic E-state index is 8.27. The van der Waals surface area contributed by atoms with Crippen LogP contribution in [-0.4, -0.2) is 21.5 Å². The van der Waals surface area contributed by atoms with Gasteiger partial charge in [0.1, 0.15) is 5.84 Å². The molecule has 0 aliphatic carbocycles. The number of rotatable bonds is 4. The molecule has 3 nitrogen and oxygen atoms in total. The SMILES string of the molecule is CC(C)SC(C)CC(N)=NO. The first kappa shape index (κ1) is 10.6. The summed E-state index contributed by atoms with van der Waals surface area (Å²) < 4.78 is 0. The number of amidine groups is 1. The Labute approximate surface area is 72.0 Å². The lowest BCUT2D eigenvalue weighted by Crippen LogP contribution is -2.17. The Morgan fingerprint density at radius 3 is 2.45 bits per heavy atom. The fraction of sp³-hybridized carbons (Fsp3) is 0.857. The number of thioether (sulfide) groups is 1. The molecular formula is C7H16N2OS. The van der Waals surface area contributed by atoms with Gasteiger partial charge in [-0.1, -0.05) is 25.9 Å².